The first kappa shape index (κ1) is 25.9. The molecular weight excluding hydrogens is 500 g/mol. The number of rotatable bonds is 7. The van der Waals surface area contributed by atoms with Gasteiger partial charge in [0.2, 0.25) is 0 Å². The highest BCUT2D eigenvalue weighted by Crippen LogP contribution is 2.41. The molecule has 1 aliphatic rings. The molecule has 0 spiro atoms. The number of benzene rings is 3. The SMILES string of the molecule is COc1ccc(-c2c(-c3ccc(OC)cc3)n(Cc3ccccc3)c3ncn(C4CCCCC4O)c(=N)c23)cc1. The normalized spacial score (nSPS) is 17.2. The molecule has 7 heteroatoms. The highest BCUT2D eigenvalue weighted by molar-refractivity contribution is 6.02. The maximum absolute atomic E-state index is 10.9. The molecule has 2 aromatic heterocycles. The summed E-state index contributed by atoms with van der Waals surface area (Å²) in [6, 6.07) is 26.2. The van der Waals surface area contributed by atoms with Crippen molar-refractivity contribution in [1.82, 2.24) is 14.1 Å². The number of ether oxygens (including phenoxy) is 2. The summed E-state index contributed by atoms with van der Waals surface area (Å²) in [4.78, 5) is 4.99. The van der Waals surface area contributed by atoms with Gasteiger partial charge < -0.3 is 23.7 Å². The van der Waals surface area contributed by atoms with Crippen molar-refractivity contribution in [3.8, 4) is 33.9 Å². The first-order valence-corrected chi connectivity index (χ1v) is 13.8. The number of nitrogens with zero attached hydrogens (tertiary/aromatic N) is 3. The van der Waals surface area contributed by atoms with Crippen LogP contribution in [0.1, 0.15) is 37.3 Å². The summed E-state index contributed by atoms with van der Waals surface area (Å²) < 4.78 is 15.0. The minimum absolute atomic E-state index is 0.163. The summed E-state index contributed by atoms with van der Waals surface area (Å²) in [7, 11) is 3.33. The number of methoxy groups -OCH3 is 2. The van der Waals surface area contributed by atoms with Gasteiger partial charge in [0.15, 0.2) is 0 Å². The lowest BCUT2D eigenvalue weighted by Gasteiger charge is -2.29. The van der Waals surface area contributed by atoms with Crippen LogP contribution < -0.4 is 15.0 Å². The summed E-state index contributed by atoms with van der Waals surface area (Å²) in [6.45, 7) is 0.595. The van der Waals surface area contributed by atoms with Crippen molar-refractivity contribution in [2.45, 2.75) is 44.4 Å². The maximum Gasteiger partial charge on any atom is 0.146 e. The molecule has 1 saturated carbocycles. The third-order valence-corrected chi connectivity index (χ3v) is 8.01. The second kappa shape index (κ2) is 11.0. The van der Waals surface area contributed by atoms with Crippen LogP contribution in [0.25, 0.3) is 33.4 Å². The van der Waals surface area contributed by atoms with Crippen LogP contribution in [0.4, 0.5) is 0 Å². The molecule has 0 radical (unpaired) electrons. The molecule has 0 saturated heterocycles. The summed E-state index contributed by atoms with van der Waals surface area (Å²) in [5, 5.41) is 21.2. The molecule has 0 aliphatic heterocycles. The van der Waals surface area contributed by atoms with E-state index in [-0.39, 0.29) is 6.04 Å². The van der Waals surface area contributed by atoms with Crippen LogP contribution >= 0.6 is 0 Å². The van der Waals surface area contributed by atoms with Crippen molar-refractivity contribution in [3.63, 3.8) is 0 Å². The van der Waals surface area contributed by atoms with Gasteiger partial charge in [0.1, 0.15) is 22.6 Å². The average molecular weight is 535 g/mol. The Morgan fingerprint density at radius 1 is 0.850 bits per heavy atom. The fraction of sp³-hybridized carbons (Fsp3) is 0.273. The Labute approximate surface area is 233 Å². The average Bonchev–Trinajstić information content (AvgIpc) is 3.33. The minimum atomic E-state index is -0.487. The zero-order valence-corrected chi connectivity index (χ0v) is 22.9. The van der Waals surface area contributed by atoms with E-state index < -0.39 is 6.10 Å². The van der Waals surface area contributed by atoms with E-state index in [1.807, 2.05) is 59.2 Å². The second-order valence-corrected chi connectivity index (χ2v) is 10.4. The van der Waals surface area contributed by atoms with Gasteiger partial charge >= 0.3 is 0 Å². The summed E-state index contributed by atoms with van der Waals surface area (Å²) in [5.41, 5.74) is 6.15. The molecule has 2 N–H and O–H groups in total. The Balaban J connectivity index is 1.68. The fourth-order valence-corrected chi connectivity index (χ4v) is 5.94. The number of aliphatic hydroxyl groups is 1. The van der Waals surface area contributed by atoms with E-state index in [0.29, 0.717) is 12.0 Å². The van der Waals surface area contributed by atoms with Crippen molar-refractivity contribution in [2.75, 3.05) is 14.2 Å². The molecule has 0 bridgehead atoms. The zero-order valence-electron chi connectivity index (χ0n) is 22.9. The fourth-order valence-electron chi connectivity index (χ4n) is 5.94. The second-order valence-electron chi connectivity index (χ2n) is 10.4. The molecule has 1 aliphatic carbocycles. The molecular formula is C33H34N4O3. The standard InChI is InChI=1S/C33H34N4O3/c1-39-25-16-12-23(13-17-25)29-30-32(34)37(27-10-6-7-11-28(27)38)21-35-33(30)36(20-22-8-4-3-5-9-22)31(29)24-14-18-26(40-2)19-15-24/h3-5,8-9,12-19,21,27-28,34,38H,6-7,10-11,20H2,1-2H3. The Kier molecular flexibility index (Phi) is 7.13. The predicted octanol–water partition coefficient (Wildman–Crippen LogP) is 6.19. The van der Waals surface area contributed by atoms with Gasteiger partial charge in [-0.2, -0.15) is 0 Å². The van der Waals surface area contributed by atoms with Crippen LogP contribution in [0, 0.1) is 5.41 Å². The molecule has 3 aromatic carbocycles. The van der Waals surface area contributed by atoms with Gasteiger partial charge in [-0.1, -0.05) is 55.3 Å². The third kappa shape index (κ3) is 4.67. The highest BCUT2D eigenvalue weighted by Gasteiger charge is 2.28. The Bertz CT molecular complexity index is 1670. The smallest absolute Gasteiger partial charge is 0.146 e. The van der Waals surface area contributed by atoms with Crippen LogP contribution in [-0.2, 0) is 6.54 Å². The molecule has 5 aromatic rings. The third-order valence-electron chi connectivity index (χ3n) is 8.01. The number of nitrogens with one attached hydrogen (secondary N) is 1. The lowest BCUT2D eigenvalue weighted by atomic mass is 9.92. The van der Waals surface area contributed by atoms with Crippen molar-refractivity contribution in [3.05, 3.63) is 96.2 Å². The van der Waals surface area contributed by atoms with Gasteiger partial charge in [0, 0.05) is 12.1 Å². The van der Waals surface area contributed by atoms with Gasteiger partial charge in [0.25, 0.3) is 0 Å². The number of aromatic nitrogens is 3. The zero-order chi connectivity index (χ0) is 27.6. The number of hydrogen-bond donors (Lipinski definition) is 2. The van der Waals surface area contributed by atoms with Crippen LogP contribution in [0.15, 0.2) is 85.2 Å². The topological polar surface area (TPSA) is 85.3 Å². The van der Waals surface area contributed by atoms with E-state index >= 15 is 0 Å². The van der Waals surface area contributed by atoms with Crippen LogP contribution in [-0.4, -0.2) is 39.5 Å². The van der Waals surface area contributed by atoms with E-state index in [1.165, 1.54) is 0 Å². The van der Waals surface area contributed by atoms with Gasteiger partial charge in [-0.05, 0) is 65.9 Å². The molecule has 204 valence electrons. The van der Waals surface area contributed by atoms with Gasteiger partial charge in [-0.25, -0.2) is 4.98 Å². The van der Waals surface area contributed by atoms with Crippen molar-refractivity contribution in [2.24, 2.45) is 0 Å². The van der Waals surface area contributed by atoms with Gasteiger partial charge in [-0.15, -0.1) is 0 Å². The molecule has 0 amide bonds. The quantitative estimate of drug-likeness (QED) is 0.261. The minimum Gasteiger partial charge on any atom is -0.497 e. The first-order chi connectivity index (χ1) is 19.6. The van der Waals surface area contributed by atoms with Crippen LogP contribution in [0.3, 0.4) is 0 Å². The van der Waals surface area contributed by atoms with Crippen molar-refractivity contribution < 1.29 is 14.6 Å². The number of hydrogen-bond acceptors (Lipinski definition) is 5. The Morgan fingerprint density at radius 3 is 2.10 bits per heavy atom. The van der Waals surface area contributed by atoms with E-state index in [1.54, 1.807) is 20.5 Å². The van der Waals surface area contributed by atoms with E-state index in [2.05, 4.69) is 28.8 Å². The number of fused-ring (bicyclic) bond motifs is 1. The largest absolute Gasteiger partial charge is 0.497 e. The van der Waals surface area contributed by atoms with Crippen LogP contribution in [0.2, 0.25) is 0 Å². The van der Waals surface area contributed by atoms with E-state index in [0.717, 1.165) is 76.2 Å². The van der Waals surface area contributed by atoms with Crippen molar-refractivity contribution >= 4 is 11.0 Å². The highest BCUT2D eigenvalue weighted by atomic mass is 16.5. The first-order valence-electron chi connectivity index (χ1n) is 13.8. The Morgan fingerprint density at radius 2 is 1.48 bits per heavy atom. The lowest BCUT2D eigenvalue weighted by molar-refractivity contribution is 0.0729. The van der Waals surface area contributed by atoms with Gasteiger partial charge in [-0.3, -0.25) is 5.41 Å². The summed E-state index contributed by atoms with van der Waals surface area (Å²) in [6.07, 6.45) is 4.88. The molecule has 2 heterocycles. The Hall–Kier alpha value is -4.36. The predicted molar refractivity (Wildman–Crippen MR) is 157 cm³/mol. The maximum atomic E-state index is 10.9. The number of aliphatic hydroxyl groups excluding tert-OH is 1. The molecule has 1 fully saturated rings. The van der Waals surface area contributed by atoms with E-state index in [9.17, 15) is 10.5 Å². The van der Waals surface area contributed by atoms with Gasteiger partial charge in [0.05, 0.1) is 43.8 Å². The molecule has 2 atom stereocenters. The lowest BCUT2D eigenvalue weighted by Crippen LogP contribution is -2.35. The molecule has 7 nitrogen and oxygen atoms in total. The van der Waals surface area contributed by atoms with E-state index in [4.69, 9.17) is 14.5 Å². The monoisotopic (exact) mass is 534 g/mol. The summed E-state index contributed by atoms with van der Waals surface area (Å²) in [5.74, 6) is 1.55. The molecule has 40 heavy (non-hydrogen) atoms. The summed E-state index contributed by atoms with van der Waals surface area (Å²) >= 11 is 0. The molecule has 2 unspecified atom stereocenters. The van der Waals surface area contributed by atoms with Crippen LogP contribution in [0.5, 0.6) is 11.5 Å². The van der Waals surface area contributed by atoms with Crippen molar-refractivity contribution in [1.29, 1.82) is 5.41 Å². The molecule has 6 rings (SSSR count).